The number of piperazine rings is 1. The SMILES string of the molecule is CCOC(=O)N1CCN(C(=O)CNS(=O)(=O)c2ccc(CC)cc2)CC1. The summed E-state index contributed by atoms with van der Waals surface area (Å²) in [6.07, 6.45) is 0.431. The van der Waals surface area contributed by atoms with E-state index in [4.69, 9.17) is 4.74 Å². The Morgan fingerprint density at radius 2 is 1.62 bits per heavy atom. The van der Waals surface area contributed by atoms with Crippen molar-refractivity contribution in [2.24, 2.45) is 0 Å². The van der Waals surface area contributed by atoms with Gasteiger partial charge in [-0.15, -0.1) is 0 Å². The minimum absolute atomic E-state index is 0.134. The topological polar surface area (TPSA) is 96.0 Å². The lowest BCUT2D eigenvalue weighted by Gasteiger charge is -2.34. The summed E-state index contributed by atoms with van der Waals surface area (Å²) in [4.78, 5) is 27.1. The zero-order chi connectivity index (χ0) is 19.2. The van der Waals surface area contributed by atoms with Crippen LogP contribution in [0.15, 0.2) is 29.2 Å². The molecule has 1 aliphatic rings. The highest BCUT2D eigenvalue weighted by atomic mass is 32.2. The van der Waals surface area contributed by atoms with Crippen LogP contribution in [0.3, 0.4) is 0 Å². The fourth-order valence-electron chi connectivity index (χ4n) is 2.61. The number of nitrogens with zero attached hydrogens (tertiary/aromatic N) is 2. The van der Waals surface area contributed by atoms with Crippen molar-refractivity contribution in [3.8, 4) is 0 Å². The van der Waals surface area contributed by atoms with Gasteiger partial charge in [-0.2, -0.15) is 0 Å². The number of aryl methyl sites for hydroxylation is 1. The second-order valence-electron chi connectivity index (χ2n) is 5.89. The van der Waals surface area contributed by atoms with E-state index in [1.165, 1.54) is 17.0 Å². The number of carbonyl (C=O) groups is 2. The summed E-state index contributed by atoms with van der Waals surface area (Å²) in [7, 11) is -3.73. The number of nitrogens with one attached hydrogen (secondary N) is 1. The number of sulfonamides is 1. The number of benzene rings is 1. The predicted octanol–water partition coefficient (Wildman–Crippen LogP) is 0.828. The number of carbonyl (C=O) groups excluding carboxylic acids is 2. The molecule has 0 radical (unpaired) electrons. The van der Waals surface area contributed by atoms with Crippen LogP contribution in [-0.2, 0) is 26.0 Å². The molecule has 2 rings (SSSR count). The molecule has 1 aliphatic heterocycles. The number of hydrogen-bond donors (Lipinski definition) is 1. The molecule has 8 nitrogen and oxygen atoms in total. The Kier molecular flexibility index (Phi) is 6.98. The van der Waals surface area contributed by atoms with Crippen molar-refractivity contribution >= 4 is 22.0 Å². The summed E-state index contributed by atoms with van der Waals surface area (Å²) < 4.78 is 31.8. The first-order valence-corrected chi connectivity index (χ1v) is 10.1. The van der Waals surface area contributed by atoms with Gasteiger partial charge in [-0.05, 0) is 31.0 Å². The Hall–Kier alpha value is -2.13. The Labute approximate surface area is 154 Å². The molecule has 1 N–H and O–H groups in total. The summed E-state index contributed by atoms with van der Waals surface area (Å²) >= 11 is 0. The summed E-state index contributed by atoms with van der Waals surface area (Å²) in [5, 5.41) is 0. The number of amides is 2. The molecule has 0 atom stereocenters. The highest BCUT2D eigenvalue weighted by molar-refractivity contribution is 7.89. The van der Waals surface area contributed by atoms with Gasteiger partial charge < -0.3 is 14.5 Å². The molecule has 1 heterocycles. The number of rotatable bonds is 6. The molecule has 26 heavy (non-hydrogen) atoms. The maximum atomic E-state index is 12.3. The van der Waals surface area contributed by atoms with E-state index in [2.05, 4.69) is 4.72 Å². The van der Waals surface area contributed by atoms with Gasteiger partial charge >= 0.3 is 6.09 Å². The fourth-order valence-corrected chi connectivity index (χ4v) is 3.58. The molecule has 1 fully saturated rings. The van der Waals surface area contributed by atoms with Gasteiger partial charge in [0.1, 0.15) is 0 Å². The van der Waals surface area contributed by atoms with Crippen molar-refractivity contribution in [2.45, 2.75) is 25.2 Å². The van der Waals surface area contributed by atoms with Crippen LogP contribution < -0.4 is 4.72 Å². The highest BCUT2D eigenvalue weighted by Crippen LogP contribution is 2.11. The van der Waals surface area contributed by atoms with Crippen LogP contribution in [0, 0.1) is 0 Å². The lowest BCUT2D eigenvalue weighted by atomic mass is 10.2. The van der Waals surface area contributed by atoms with Crippen LogP contribution >= 0.6 is 0 Å². The van der Waals surface area contributed by atoms with Gasteiger partial charge in [0.15, 0.2) is 0 Å². The largest absolute Gasteiger partial charge is 0.450 e. The van der Waals surface area contributed by atoms with Gasteiger partial charge in [0.05, 0.1) is 18.0 Å². The van der Waals surface area contributed by atoms with E-state index in [-0.39, 0.29) is 17.3 Å². The molecule has 0 spiro atoms. The van der Waals surface area contributed by atoms with Crippen LogP contribution in [0.5, 0.6) is 0 Å². The maximum Gasteiger partial charge on any atom is 0.409 e. The molecule has 1 aromatic rings. The summed E-state index contributed by atoms with van der Waals surface area (Å²) in [6, 6.07) is 6.57. The third-order valence-electron chi connectivity index (χ3n) is 4.21. The van der Waals surface area contributed by atoms with Crippen molar-refractivity contribution < 1.29 is 22.7 Å². The van der Waals surface area contributed by atoms with E-state index in [0.717, 1.165) is 12.0 Å². The van der Waals surface area contributed by atoms with E-state index in [0.29, 0.717) is 32.8 Å². The van der Waals surface area contributed by atoms with Crippen LogP contribution in [0.1, 0.15) is 19.4 Å². The van der Waals surface area contributed by atoms with E-state index in [1.807, 2.05) is 6.92 Å². The van der Waals surface area contributed by atoms with Crippen LogP contribution in [0.25, 0.3) is 0 Å². The minimum atomic E-state index is -3.73. The number of hydrogen-bond acceptors (Lipinski definition) is 5. The monoisotopic (exact) mass is 383 g/mol. The Morgan fingerprint density at radius 1 is 1.04 bits per heavy atom. The second-order valence-corrected chi connectivity index (χ2v) is 7.66. The smallest absolute Gasteiger partial charge is 0.409 e. The average Bonchev–Trinajstić information content (AvgIpc) is 2.66. The van der Waals surface area contributed by atoms with E-state index >= 15 is 0 Å². The lowest BCUT2D eigenvalue weighted by Crippen LogP contribution is -2.52. The lowest BCUT2D eigenvalue weighted by molar-refractivity contribution is -0.131. The third kappa shape index (κ3) is 5.18. The number of ether oxygens (including phenoxy) is 1. The van der Waals surface area contributed by atoms with Gasteiger partial charge in [-0.25, -0.2) is 17.9 Å². The second kappa shape index (κ2) is 9.00. The maximum absolute atomic E-state index is 12.3. The first-order valence-electron chi connectivity index (χ1n) is 8.65. The van der Waals surface area contributed by atoms with Crippen molar-refractivity contribution in [3.63, 3.8) is 0 Å². The highest BCUT2D eigenvalue weighted by Gasteiger charge is 2.25. The van der Waals surface area contributed by atoms with Crippen LogP contribution in [0.4, 0.5) is 4.79 Å². The van der Waals surface area contributed by atoms with E-state index in [9.17, 15) is 18.0 Å². The van der Waals surface area contributed by atoms with Crippen molar-refractivity contribution in [3.05, 3.63) is 29.8 Å². The average molecular weight is 383 g/mol. The molecule has 9 heteroatoms. The van der Waals surface area contributed by atoms with Gasteiger partial charge in [0, 0.05) is 26.2 Å². The van der Waals surface area contributed by atoms with Crippen molar-refractivity contribution in [1.82, 2.24) is 14.5 Å². The summed E-state index contributed by atoms with van der Waals surface area (Å²) in [6.45, 7) is 5.17. The third-order valence-corrected chi connectivity index (χ3v) is 5.63. The first kappa shape index (κ1) is 20.2. The molecule has 0 aliphatic carbocycles. The molecule has 2 amide bonds. The fraction of sp³-hybridized carbons (Fsp3) is 0.529. The molecular weight excluding hydrogens is 358 g/mol. The van der Waals surface area contributed by atoms with Crippen molar-refractivity contribution in [1.29, 1.82) is 0 Å². The molecule has 0 saturated carbocycles. The Bertz CT molecular complexity index is 725. The zero-order valence-corrected chi connectivity index (χ0v) is 15.9. The molecule has 0 bridgehead atoms. The standard InChI is InChI=1S/C17H25N3O5S/c1-3-14-5-7-15(8-6-14)26(23,24)18-13-16(21)19-9-11-20(12-10-19)17(22)25-4-2/h5-8,18H,3-4,9-13H2,1-2H3. The quantitative estimate of drug-likeness (QED) is 0.785. The molecule has 1 saturated heterocycles. The molecular formula is C17H25N3O5S. The Morgan fingerprint density at radius 3 is 2.15 bits per heavy atom. The van der Waals surface area contributed by atoms with Crippen LogP contribution in [-0.4, -0.2) is 69.5 Å². The summed E-state index contributed by atoms with van der Waals surface area (Å²) in [5.74, 6) is -0.317. The molecule has 1 aromatic carbocycles. The summed E-state index contributed by atoms with van der Waals surface area (Å²) in [5.41, 5.74) is 1.04. The molecule has 144 valence electrons. The van der Waals surface area contributed by atoms with Gasteiger partial charge in [-0.3, -0.25) is 4.79 Å². The normalized spacial score (nSPS) is 15.0. The van der Waals surface area contributed by atoms with Gasteiger partial charge in [0.25, 0.3) is 0 Å². The van der Waals surface area contributed by atoms with Gasteiger partial charge in [0.2, 0.25) is 15.9 Å². The molecule has 0 unspecified atom stereocenters. The van der Waals surface area contributed by atoms with E-state index < -0.39 is 16.1 Å². The van der Waals surface area contributed by atoms with E-state index in [1.54, 1.807) is 24.0 Å². The van der Waals surface area contributed by atoms with Crippen molar-refractivity contribution in [2.75, 3.05) is 39.3 Å². The first-order chi connectivity index (χ1) is 12.4. The minimum Gasteiger partial charge on any atom is -0.450 e. The Balaban J connectivity index is 1.85. The van der Waals surface area contributed by atoms with Gasteiger partial charge in [-0.1, -0.05) is 19.1 Å². The predicted molar refractivity (Wildman–Crippen MR) is 96.2 cm³/mol. The molecule has 0 aromatic heterocycles. The van der Waals surface area contributed by atoms with Crippen LogP contribution in [0.2, 0.25) is 0 Å². The zero-order valence-electron chi connectivity index (χ0n) is 15.1.